The maximum absolute atomic E-state index is 14.2. The molecule has 0 amide bonds. The van der Waals surface area contributed by atoms with Crippen LogP contribution in [0, 0.1) is 23.5 Å². The summed E-state index contributed by atoms with van der Waals surface area (Å²) in [7, 11) is 0. The summed E-state index contributed by atoms with van der Waals surface area (Å²) < 4.78 is 39.1. The van der Waals surface area contributed by atoms with E-state index < -0.39 is 17.9 Å². The van der Waals surface area contributed by atoms with Crippen molar-refractivity contribution in [1.29, 1.82) is 0 Å². The predicted molar refractivity (Wildman–Crippen MR) is 84.4 cm³/mol. The minimum absolute atomic E-state index is 0.0221. The number of allylic oxidation sites excluding steroid dienone is 1. The smallest absolute Gasteiger partial charge is 0.204 e. The molecule has 1 aromatic rings. The van der Waals surface area contributed by atoms with Crippen LogP contribution in [0.1, 0.15) is 37.7 Å². The van der Waals surface area contributed by atoms with Crippen LogP contribution in [0.2, 0.25) is 0 Å². The second kappa shape index (κ2) is 6.87. The second-order valence-electron chi connectivity index (χ2n) is 6.51. The van der Waals surface area contributed by atoms with E-state index in [2.05, 4.69) is 6.58 Å². The molecule has 0 aromatic heterocycles. The molecule has 0 spiro atoms. The van der Waals surface area contributed by atoms with Crippen molar-refractivity contribution in [1.82, 2.24) is 0 Å². The minimum atomic E-state index is -0.997. The number of nitrogens with two attached hydrogens (primary N) is 1. The SMILES string of the molecule is C=CC1CCC(COc2cc3c(c(F)c2F)OC(N)CC3)CC1. The van der Waals surface area contributed by atoms with Crippen molar-refractivity contribution < 1.29 is 18.3 Å². The third kappa shape index (κ3) is 3.50. The summed E-state index contributed by atoms with van der Waals surface area (Å²) in [5.41, 5.74) is 6.26. The summed E-state index contributed by atoms with van der Waals surface area (Å²) in [6, 6.07) is 1.55. The van der Waals surface area contributed by atoms with E-state index in [4.69, 9.17) is 15.2 Å². The van der Waals surface area contributed by atoms with E-state index in [1.54, 1.807) is 6.07 Å². The van der Waals surface area contributed by atoms with Gasteiger partial charge in [0.1, 0.15) is 6.23 Å². The number of hydrogen-bond acceptors (Lipinski definition) is 3. The van der Waals surface area contributed by atoms with Gasteiger partial charge in [-0.15, -0.1) is 6.58 Å². The highest BCUT2D eigenvalue weighted by molar-refractivity contribution is 5.44. The molecule has 1 aliphatic carbocycles. The van der Waals surface area contributed by atoms with E-state index in [9.17, 15) is 8.78 Å². The van der Waals surface area contributed by atoms with Gasteiger partial charge in [-0.2, -0.15) is 8.78 Å². The zero-order valence-electron chi connectivity index (χ0n) is 13.2. The predicted octanol–water partition coefficient (Wildman–Crippen LogP) is 3.95. The summed E-state index contributed by atoms with van der Waals surface area (Å²) in [6.45, 7) is 4.24. The third-order valence-corrected chi connectivity index (χ3v) is 4.87. The Kier molecular flexibility index (Phi) is 4.85. The molecule has 1 saturated carbocycles. The van der Waals surface area contributed by atoms with Gasteiger partial charge >= 0.3 is 0 Å². The first-order valence-electron chi connectivity index (χ1n) is 8.27. The lowest BCUT2D eigenvalue weighted by Gasteiger charge is -2.27. The molecule has 1 atom stereocenters. The molecule has 0 radical (unpaired) electrons. The van der Waals surface area contributed by atoms with Gasteiger partial charge in [0.25, 0.3) is 0 Å². The lowest BCUT2D eigenvalue weighted by Crippen LogP contribution is -2.32. The van der Waals surface area contributed by atoms with Crippen LogP contribution in [0.25, 0.3) is 0 Å². The number of aryl methyl sites for hydroxylation is 1. The maximum Gasteiger partial charge on any atom is 0.204 e. The van der Waals surface area contributed by atoms with Gasteiger partial charge in [0.05, 0.1) is 6.61 Å². The van der Waals surface area contributed by atoms with Crippen LogP contribution in [0.15, 0.2) is 18.7 Å². The zero-order valence-corrected chi connectivity index (χ0v) is 13.2. The van der Waals surface area contributed by atoms with Crippen molar-refractivity contribution in [2.75, 3.05) is 6.61 Å². The van der Waals surface area contributed by atoms with Crippen LogP contribution in [-0.4, -0.2) is 12.8 Å². The Morgan fingerprint density at radius 3 is 2.65 bits per heavy atom. The Hall–Kier alpha value is -1.62. The van der Waals surface area contributed by atoms with Gasteiger partial charge in [0.15, 0.2) is 11.5 Å². The topological polar surface area (TPSA) is 44.5 Å². The van der Waals surface area contributed by atoms with Gasteiger partial charge in [0, 0.05) is 12.0 Å². The average molecular weight is 323 g/mol. The number of ether oxygens (including phenoxy) is 2. The molecule has 3 rings (SSSR count). The van der Waals surface area contributed by atoms with Crippen LogP contribution in [0.4, 0.5) is 8.78 Å². The number of fused-ring (bicyclic) bond motifs is 1. The Bertz CT molecular complexity index is 583. The molecule has 1 aliphatic heterocycles. The average Bonchev–Trinajstić information content (AvgIpc) is 2.58. The van der Waals surface area contributed by atoms with Crippen molar-refractivity contribution in [2.24, 2.45) is 17.6 Å². The fourth-order valence-corrected chi connectivity index (χ4v) is 3.36. The van der Waals surface area contributed by atoms with Crippen LogP contribution in [-0.2, 0) is 6.42 Å². The summed E-state index contributed by atoms with van der Waals surface area (Å²) >= 11 is 0. The van der Waals surface area contributed by atoms with Crippen LogP contribution in [0.5, 0.6) is 11.5 Å². The molecule has 1 heterocycles. The summed E-state index contributed by atoms with van der Waals surface area (Å²) in [4.78, 5) is 0. The van der Waals surface area contributed by atoms with Gasteiger partial charge in [-0.25, -0.2) is 0 Å². The maximum atomic E-state index is 14.2. The van der Waals surface area contributed by atoms with E-state index in [1.807, 2.05) is 6.08 Å². The summed E-state index contributed by atoms with van der Waals surface area (Å²) in [5, 5.41) is 0. The van der Waals surface area contributed by atoms with Gasteiger partial charge in [-0.3, -0.25) is 5.73 Å². The molecular formula is C18H23F2NO2. The first kappa shape index (κ1) is 16.2. The highest BCUT2D eigenvalue weighted by atomic mass is 19.2. The number of benzene rings is 1. The first-order chi connectivity index (χ1) is 11.1. The highest BCUT2D eigenvalue weighted by Crippen LogP contribution is 2.37. The Morgan fingerprint density at radius 1 is 1.22 bits per heavy atom. The Morgan fingerprint density at radius 2 is 1.96 bits per heavy atom. The van der Waals surface area contributed by atoms with Crippen LogP contribution < -0.4 is 15.2 Å². The van der Waals surface area contributed by atoms with E-state index in [0.29, 0.717) is 36.8 Å². The summed E-state index contributed by atoms with van der Waals surface area (Å²) in [5.74, 6) is -1.12. The number of hydrogen-bond donors (Lipinski definition) is 1. The van der Waals surface area contributed by atoms with Crippen molar-refractivity contribution in [3.8, 4) is 11.5 Å². The van der Waals surface area contributed by atoms with Gasteiger partial charge in [-0.1, -0.05) is 6.08 Å². The standard InChI is InChI=1S/C18H23F2NO2/c1-2-11-3-5-12(6-4-11)10-22-14-9-13-7-8-15(21)23-18(13)17(20)16(14)19/h2,9,11-12,15H,1,3-8,10,21H2. The van der Waals surface area contributed by atoms with Crippen molar-refractivity contribution >= 4 is 0 Å². The first-order valence-corrected chi connectivity index (χ1v) is 8.27. The van der Waals surface area contributed by atoms with Crippen molar-refractivity contribution in [3.63, 3.8) is 0 Å². The van der Waals surface area contributed by atoms with E-state index in [1.165, 1.54) is 0 Å². The van der Waals surface area contributed by atoms with Crippen molar-refractivity contribution in [2.45, 2.75) is 44.8 Å². The largest absolute Gasteiger partial charge is 0.490 e. The quantitative estimate of drug-likeness (QED) is 0.854. The van der Waals surface area contributed by atoms with E-state index in [-0.39, 0.29) is 11.5 Å². The lowest BCUT2D eigenvalue weighted by molar-refractivity contribution is 0.163. The normalized spacial score (nSPS) is 27.0. The second-order valence-corrected chi connectivity index (χ2v) is 6.51. The number of halogens is 2. The van der Waals surface area contributed by atoms with Crippen LogP contribution >= 0.6 is 0 Å². The van der Waals surface area contributed by atoms with Gasteiger partial charge < -0.3 is 9.47 Å². The van der Waals surface area contributed by atoms with Gasteiger partial charge in [-0.05, 0) is 50.0 Å². The fraction of sp³-hybridized carbons (Fsp3) is 0.556. The molecule has 1 fully saturated rings. The van der Waals surface area contributed by atoms with Crippen molar-refractivity contribution in [3.05, 3.63) is 35.9 Å². The molecule has 5 heteroatoms. The molecule has 0 bridgehead atoms. The van der Waals surface area contributed by atoms with Gasteiger partial charge in [0.2, 0.25) is 11.6 Å². The fourth-order valence-electron chi connectivity index (χ4n) is 3.36. The third-order valence-electron chi connectivity index (χ3n) is 4.87. The zero-order chi connectivity index (χ0) is 16.4. The molecule has 126 valence electrons. The van der Waals surface area contributed by atoms with Crippen LogP contribution in [0.3, 0.4) is 0 Å². The molecule has 0 saturated heterocycles. The Labute approximate surface area is 135 Å². The monoisotopic (exact) mass is 323 g/mol. The number of rotatable bonds is 4. The summed E-state index contributed by atoms with van der Waals surface area (Å²) in [6.07, 6.45) is 6.81. The molecule has 1 aromatic carbocycles. The molecule has 23 heavy (non-hydrogen) atoms. The molecule has 1 unspecified atom stereocenters. The molecule has 2 N–H and O–H groups in total. The Balaban J connectivity index is 1.67. The minimum Gasteiger partial charge on any atom is -0.490 e. The molecule has 2 aliphatic rings. The van der Waals surface area contributed by atoms with E-state index in [0.717, 1.165) is 25.7 Å². The molecular weight excluding hydrogens is 300 g/mol. The van der Waals surface area contributed by atoms with E-state index >= 15 is 0 Å². The molecule has 3 nitrogen and oxygen atoms in total. The lowest BCUT2D eigenvalue weighted by atomic mass is 9.82. The highest BCUT2D eigenvalue weighted by Gasteiger charge is 2.27.